The summed E-state index contributed by atoms with van der Waals surface area (Å²) in [5, 5.41) is 0. The molecule has 0 fully saturated rings. The fourth-order valence-electron chi connectivity index (χ4n) is 1.37. The van der Waals surface area contributed by atoms with Crippen molar-refractivity contribution in [2.45, 2.75) is 6.92 Å². The van der Waals surface area contributed by atoms with Crippen molar-refractivity contribution in [3.05, 3.63) is 29.8 Å². The van der Waals surface area contributed by atoms with Gasteiger partial charge in [0, 0.05) is 18.3 Å². The van der Waals surface area contributed by atoms with E-state index in [0.717, 1.165) is 11.3 Å². The van der Waals surface area contributed by atoms with Gasteiger partial charge in [-0.05, 0) is 31.2 Å². The summed E-state index contributed by atoms with van der Waals surface area (Å²) in [6, 6.07) is 7.40. The van der Waals surface area contributed by atoms with Gasteiger partial charge in [-0.3, -0.25) is 4.79 Å². The Morgan fingerprint density at radius 3 is 2.47 bits per heavy atom. The van der Waals surface area contributed by atoms with Gasteiger partial charge >= 0.3 is 5.97 Å². The molecule has 0 aromatic heterocycles. The van der Waals surface area contributed by atoms with Crippen molar-refractivity contribution in [1.29, 1.82) is 0 Å². The number of nitrogens with two attached hydrogens (primary N) is 1. The second-order valence-electron chi connectivity index (χ2n) is 3.57. The normalized spacial score (nSPS) is 9.76. The van der Waals surface area contributed by atoms with E-state index >= 15 is 0 Å². The van der Waals surface area contributed by atoms with E-state index in [1.54, 1.807) is 11.8 Å². The number of benzene rings is 1. The molecule has 2 N–H and O–H groups in total. The molecule has 0 saturated heterocycles. The second kappa shape index (κ2) is 6.20. The zero-order chi connectivity index (χ0) is 12.8. The monoisotopic (exact) mass is 252 g/mol. The molecule has 4 nitrogen and oxygen atoms in total. The van der Waals surface area contributed by atoms with Crippen LogP contribution in [-0.2, 0) is 9.53 Å². The first-order chi connectivity index (χ1) is 8.04. The Hall–Kier alpha value is -1.62. The van der Waals surface area contributed by atoms with Crippen LogP contribution in [0, 0.1) is 0 Å². The molecular weight excluding hydrogens is 236 g/mol. The molecule has 1 aromatic rings. The highest BCUT2D eigenvalue weighted by atomic mass is 32.1. The first-order valence-electron chi connectivity index (χ1n) is 5.31. The van der Waals surface area contributed by atoms with E-state index < -0.39 is 0 Å². The van der Waals surface area contributed by atoms with Crippen LogP contribution in [0.15, 0.2) is 24.3 Å². The minimum Gasteiger partial charge on any atom is -0.465 e. The lowest BCUT2D eigenvalue weighted by Gasteiger charge is -2.18. The molecule has 0 bridgehead atoms. The molecule has 0 spiro atoms. The van der Waals surface area contributed by atoms with Gasteiger partial charge in [0.15, 0.2) is 0 Å². The van der Waals surface area contributed by atoms with Crippen LogP contribution in [0.25, 0.3) is 0 Å². The van der Waals surface area contributed by atoms with Crippen molar-refractivity contribution in [3.63, 3.8) is 0 Å². The van der Waals surface area contributed by atoms with E-state index in [0.29, 0.717) is 11.6 Å². The molecule has 1 rings (SSSR count). The largest absolute Gasteiger partial charge is 0.465 e. The predicted octanol–water partition coefficient (Wildman–Crippen LogP) is 1.32. The number of nitrogens with zero attached hydrogens (tertiary/aromatic N) is 1. The minimum atomic E-state index is -0.242. The van der Waals surface area contributed by atoms with Crippen LogP contribution < -0.4 is 10.6 Å². The van der Waals surface area contributed by atoms with Crippen molar-refractivity contribution < 1.29 is 9.53 Å². The van der Waals surface area contributed by atoms with Gasteiger partial charge in [-0.25, -0.2) is 0 Å². The highest BCUT2D eigenvalue weighted by Gasteiger charge is 2.08. The van der Waals surface area contributed by atoms with Crippen molar-refractivity contribution in [1.82, 2.24) is 0 Å². The van der Waals surface area contributed by atoms with Gasteiger partial charge in [0.2, 0.25) is 0 Å². The van der Waals surface area contributed by atoms with E-state index in [9.17, 15) is 4.79 Å². The van der Waals surface area contributed by atoms with Crippen LogP contribution in [0.1, 0.15) is 12.5 Å². The van der Waals surface area contributed by atoms with Gasteiger partial charge in [0.25, 0.3) is 0 Å². The average Bonchev–Trinajstić information content (AvgIpc) is 2.29. The second-order valence-corrected chi connectivity index (χ2v) is 4.01. The molecule has 0 saturated carbocycles. The van der Waals surface area contributed by atoms with Gasteiger partial charge in [-0.1, -0.05) is 12.2 Å². The molecule has 0 amide bonds. The molecule has 1 aromatic carbocycles. The van der Waals surface area contributed by atoms with Crippen LogP contribution >= 0.6 is 12.2 Å². The number of likely N-dealkylation sites (N-methyl/N-ethyl adjacent to an activating group) is 1. The van der Waals surface area contributed by atoms with Gasteiger partial charge in [0.05, 0.1) is 6.61 Å². The number of hydrogen-bond donors (Lipinski definition) is 1. The van der Waals surface area contributed by atoms with Crippen LogP contribution in [0.4, 0.5) is 5.69 Å². The lowest BCUT2D eigenvalue weighted by atomic mass is 10.2. The Bertz CT molecular complexity index is 403. The Morgan fingerprint density at radius 1 is 1.41 bits per heavy atom. The van der Waals surface area contributed by atoms with Gasteiger partial charge in [0.1, 0.15) is 11.5 Å². The number of carbonyl (C=O) groups excluding carboxylic acids is 1. The molecular formula is C12H16N2O2S. The van der Waals surface area contributed by atoms with E-state index in [2.05, 4.69) is 0 Å². The van der Waals surface area contributed by atoms with Gasteiger partial charge in [-0.2, -0.15) is 0 Å². The summed E-state index contributed by atoms with van der Waals surface area (Å²) >= 11 is 4.87. The third kappa shape index (κ3) is 4.03. The zero-order valence-electron chi connectivity index (χ0n) is 9.97. The molecule has 0 atom stereocenters. The van der Waals surface area contributed by atoms with Crippen LogP contribution in [0.5, 0.6) is 0 Å². The molecule has 92 valence electrons. The highest BCUT2D eigenvalue weighted by molar-refractivity contribution is 7.80. The fourth-order valence-corrected chi connectivity index (χ4v) is 1.51. The smallest absolute Gasteiger partial charge is 0.325 e. The molecule has 0 radical (unpaired) electrons. The first-order valence-corrected chi connectivity index (χ1v) is 5.72. The zero-order valence-corrected chi connectivity index (χ0v) is 10.8. The van der Waals surface area contributed by atoms with Crippen molar-refractivity contribution >= 4 is 28.9 Å². The van der Waals surface area contributed by atoms with Gasteiger partial charge in [-0.15, -0.1) is 0 Å². The molecule has 0 aliphatic carbocycles. The van der Waals surface area contributed by atoms with Crippen molar-refractivity contribution in [2.75, 3.05) is 25.1 Å². The molecule has 0 aliphatic rings. The van der Waals surface area contributed by atoms with E-state index in [-0.39, 0.29) is 12.5 Å². The fraction of sp³-hybridized carbons (Fsp3) is 0.333. The molecule has 0 heterocycles. The van der Waals surface area contributed by atoms with E-state index in [1.807, 2.05) is 31.3 Å². The van der Waals surface area contributed by atoms with Crippen LogP contribution in [0.2, 0.25) is 0 Å². The Balaban J connectivity index is 2.66. The highest BCUT2D eigenvalue weighted by Crippen LogP contribution is 2.13. The van der Waals surface area contributed by atoms with Crippen LogP contribution in [0.3, 0.4) is 0 Å². The van der Waals surface area contributed by atoms with Crippen molar-refractivity contribution in [3.8, 4) is 0 Å². The number of esters is 1. The number of hydrogen-bond acceptors (Lipinski definition) is 4. The summed E-state index contributed by atoms with van der Waals surface area (Å²) < 4.78 is 4.87. The lowest BCUT2D eigenvalue weighted by Crippen LogP contribution is -2.27. The van der Waals surface area contributed by atoms with Crippen molar-refractivity contribution in [2.24, 2.45) is 5.73 Å². The third-order valence-corrected chi connectivity index (χ3v) is 2.50. The summed E-state index contributed by atoms with van der Waals surface area (Å²) in [4.78, 5) is 13.5. The Morgan fingerprint density at radius 2 is 2.00 bits per heavy atom. The Kier molecular flexibility index (Phi) is 4.90. The Labute approximate surface area is 106 Å². The number of rotatable bonds is 5. The first kappa shape index (κ1) is 13.4. The molecule has 0 aliphatic heterocycles. The standard InChI is InChI=1S/C12H16N2O2S/c1-3-16-11(15)8-14(2)10-6-4-9(5-7-10)12(13)17/h4-7H,3,8H2,1-2H3,(H2,13,17). The molecule has 5 heteroatoms. The summed E-state index contributed by atoms with van der Waals surface area (Å²) in [6.07, 6.45) is 0. The SMILES string of the molecule is CCOC(=O)CN(C)c1ccc(C(N)=S)cc1. The summed E-state index contributed by atoms with van der Waals surface area (Å²) in [5.41, 5.74) is 7.23. The average molecular weight is 252 g/mol. The maximum atomic E-state index is 11.3. The maximum absolute atomic E-state index is 11.3. The topological polar surface area (TPSA) is 55.6 Å². The predicted molar refractivity (Wildman–Crippen MR) is 72.2 cm³/mol. The quantitative estimate of drug-likeness (QED) is 0.632. The summed E-state index contributed by atoms with van der Waals surface area (Å²) in [5.74, 6) is -0.242. The number of carbonyl (C=O) groups is 1. The van der Waals surface area contributed by atoms with E-state index in [4.69, 9.17) is 22.7 Å². The number of thiocarbonyl (C=S) groups is 1. The van der Waals surface area contributed by atoms with E-state index in [1.165, 1.54) is 0 Å². The number of anilines is 1. The minimum absolute atomic E-state index is 0.222. The van der Waals surface area contributed by atoms with Crippen LogP contribution in [-0.4, -0.2) is 31.2 Å². The summed E-state index contributed by atoms with van der Waals surface area (Å²) in [6.45, 7) is 2.40. The molecule has 17 heavy (non-hydrogen) atoms. The number of ether oxygens (including phenoxy) is 1. The summed E-state index contributed by atoms with van der Waals surface area (Å²) in [7, 11) is 1.83. The van der Waals surface area contributed by atoms with Gasteiger partial charge < -0.3 is 15.4 Å². The maximum Gasteiger partial charge on any atom is 0.325 e. The molecule has 0 unspecified atom stereocenters. The lowest BCUT2D eigenvalue weighted by molar-refractivity contribution is -0.141. The third-order valence-electron chi connectivity index (χ3n) is 2.26.